The van der Waals surface area contributed by atoms with Crippen LogP contribution in [0.1, 0.15) is 9.60 Å². The van der Waals surface area contributed by atoms with Crippen LogP contribution in [0, 0.1) is 0 Å². The van der Waals surface area contributed by atoms with E-state index >= 15 is 0 Å². The third-order valence-corrected chi connectivity index (χ3v) is 8.03. The molecule has 4 heteroatoms. The molecule has 7 aromatic carbocycles. The molecule has 45 heavy (non-hydrogen) atoms. The lowest BCUT2D eigenvalue weighted by Gasteiger charge is -2.10. The predicted octanol–water partition coefficient (Wildman–Crippen LogP) is 10.7. The minimum absolute atomic E-state index is 0.0348. The van der Waals surface area contributed by atoms with Crippen molar-refractivity contribution in [1.82, 2.24) is 15.0 Å². The van der Waals surface area contributed by atoms with E-state index in [1.165, 1.54) is 0 Å². The van der Waals surface area contributed by atoms with Crippen LogP contribution in [-0.2, 0) is 0 Å². The molecule has 0 radical (unpaired) electrons. The summed E-state index contributed by atoms with van der Waals surface area (Å²) in [6.07, 6.45) is 0. The van der Waals surface area contributed by atoms with Gasteiger partial charge in [0.15, 0.2) is 17.5 Å². The van der Waals surface area contributed by atoms with Crippen molar-refractivity contribution in [3.63, 3.8) is 0 Å². The van der Waals surface area contributed by atoms with Crippen molar-refractivity contribution < 1.29 is 14.0 Å². The van der Waals surface area contributed by atoms with Crippen LogP contribution < -0.4 is 0 Å². The van der Waals surface area contributed by atoms with Crippen molar-refractivity contribution in [3.8, 4) is 45.3 Å². The summed E-state index contributed by atoms with van der Waals surface area (Å²) in [5.41, 5.74) is 4.30. The number of nitrogens with zero attached hydrogens (tertiary/aromatic N) is 3. The third-order valence-electron chi connectivity index (χ3n) is 8.03. The smallest absolute Gasteiger partial charge is 0.164 e. The molecule has 0 spiro atoms. The Morgan fingerprint density at radius 2 is 1.11 bits per heavy atom. The van der Waals surface area contributed by atoms with E-state index in [1.54, 1.807) is 24.3 Å². The van der Waals surface area contributed by atoms with E-state index in [9.17, 15) is 0 Å². The van der Waals surface area contributed by atoms with Crippen molar-refractivity contribution in [2.75, 3.05) is 0 Å². The van der Waals surface area contributed by atoms with Gasteiger partial charge in [0.2, 0.25) is 0 Å². The first-order valence-corrected chi connectivity index (χ1v) is 14.5. The van der Waals surface area contributed by atoms with E-state index in [1.807, 2.05) is 66.7 Å². The van der Waals surface area contributed by atoms with Gasteiger partial charge in [0.25, 0.3) is 0 Å². The largest absolute Gasteiger partial charge is 0.456 e. The standard InChI is InChI=1S/C41H25N3O/c1-2-11-29(12-3-1)39-42-40(30-19-17-28(18-20-30)33-16-8-13-26-9-4-6-14-32(26)33)44-41(43-39)31-21-23-35-37(25-31)45-36-24-22-27-10-5-7-15-34(27)38(35)36/h1-25H/i4D,6D,8D,9D,13D,14D,16D. The molecule has 0 saturated heterocycles. The molecule has 0 N–H and O–H groups in total. The first kappa shape index (κ1) is 19.2. The molecular weight excluding hydrogens is 550 g/mol. The highest BCUT2D eigenvalue weighted by atomic mass is 16.3. The van der Waals surface area contributed by atoms with Crippen molar-refractivity contribution in [2.24, 2.45) is 0 Å². The maximum atomic E-state index is 8.74. The lowest BCUT2D eigenvalue weighted by atomic mass is 9.97. The Hall–Kier alpha value is -6.13. The quantitative estimate of drug-likeness (QED) is 0.207. The zero-order valence-corrected chi connectivity index (χ0v) is 23.6. The molecule has 4 nitrogen and oxygen atoms in total. The van der Waals surface area contributed by atoms with Crippen LogP contribution in [0.25, 0.3) is 88.8 Å². The van der Waals surface area contributed by atoms with Gasteiger partial charge in [-0.1, -0.05) is 133 Å². The summed E-state index contributed by atoms with van der Waals surface area (Å²) in [6.45, 7) is 0. The van der Waals surface area contributed by atoms with Gasteiger partial charge in [0.1, 0.15) is 11.2 Å². The molecule has 9 aromatic rings. The number of hydrogen-bond donors (Lipinski definition) is 0. The maximum Gasteiger partial charge on any atom is 0.164 e. The molecule has 0 bridgehead atoms. The third kappa shape index (κ3) is 4.35. The van der Waals surface area contributed by atoms with E-state index < -0.39 is 30.2 Å². The predicted molar refractivity (Wildman–Crippen MR) is 184 cm³/mol. The van der Waals surface area contributed by atoms with Gasteiger partial charge in [-0.2, -0.15) is 0 Å². The first-order chi connectivity index (χ1) is 25.2. The highest BCUT2D eigenvalue weighted by Crippen LogP contribution is 2.37. The van der Waals surface area contributed by atoms with Crippen LogP contribution >= 0.6 is 0 Å². The van der Waals surface area contributed by atoms with Gasteiger partial charge in [-0.3, -0.25) is 0 Å². The highest BCUT2D eigenvalue weighted by molar-refractivity contribution is 6.19. The lowest BCUT2D eigenvalue weighted by molar-refractivity contribution is 0.669. The number of furan rings is 1. The summed E-state index contributed by atoms with van der Waals surface area (Å²) >= 11 is 0. The van der Waals surface area contributed by atoms with Gasteiger partial charge in [-0.15, -0.1) is 0 Å². The van der Waals surface area contributed by atoms with Gasteiger partial charge in [0, 0.05) is 27.5 Å². The molecule has 0 saturated carbocycles. The van der Waals surface area contributed by atoms with Crippen LogP contribution in [0.2, 0.25) is 0 Å². The van der Waals surface area contributed by atoms with Crippen molar-refractivity contribution >= 4 is 43.5 Å². The molecule has 0 aliphatic heterocycles. The molecule has 0 fully saturated rings. The Bertz CT molecular complexity index is 2920. The zero-order chi connectivity index (χ0) is 35.8. The number of hydrogen-bond acceptors (Lipinski definition) is 4. The zero-order valence-electron chi connectivity index (χ0n) is 30.6. The Kier molecular flexibility index (Phi) is 4.38. The van der Waals surface area contributed by atoms with E-state index in [2.05, 4.69) is 18.2 Å². The second-order valence-corrected chi connectivity index (χ2v) is 10.7. The van der Waals surface area contributed by atoms with E-state index in [0.29, 0.717) is 34.2 Å². The van der Waals surface area contributed by atoms with Crippen molar-refractivity contribution in [3.05, 3.63) is 151 Å². The topological polar surface area (TPSA) is 51.8 Å². The maximum absolute atomic E-state index is 8.74. The molecule has 0 aliphatic carbocycles. The van der Waals surface area contributed by atoms with Crippen molar-refractivity contribution in [1.29, 1.82) is 0 Å². The summed E-state index contributed by atoms with van der Waals surface area (Å²) < 4.78 is 65.4. The van der Waals surface area contributed by atoms with Crippen molar-refractivity contribution in [2.45, 2.75) is 0 Å². The molecule has 210 valence electrons. The van der Waals surface area contributed by atoms with Gasteiger partial charge >= 0.3 is 0 Å². The van der Waals surface area contributed by atoms with Gasteiger partial charge in [-0.25, -0.2) is 15.0 Å². The van der Waals surface area contributed by atoms with E-state index in [4.69, 9.17) is 29.0 Å². The van der Waals surface area contributed by atoms with Crippen LogP contribution in [0.15, 0.2) is 156 Å². The minimum Gasteiger partial charge on any atom is -0.456 e. The normalized spacial score (nSPS) is 13.7. The second kappa shape index (κ2) is 10.2. The summed E-state index contributed by atoms with van der Waals surface area (Å²) in [6, 6.07) is 31.9. The average molecular weight is 583 g/mol. The van der Waals surface area contributed by atoms with Crippen LogP contribution in [0.4, 0.5) is 0 Å². The highest BCUT2D eigenvalue weighted by Gasteiger charge is 2.16. The Morgan fingerprint density at radius 1 is 0.444 bits per heavy atom. The molecule has 2 aromatic heterocycles. The monoisotopic (exact) mass is 582 g/mol. The van der Waals surface area contributed by atoms with Gasteiger partial charge in [-0.05, 0) is 50.9 Å². The number of fused-ring (bicyclic) bond motifs is 6. The van der Waals surface area contributed by atoms with Crippen LogP contribution in [-0.4, -0.2) is 15.0 Å². The molecule has 0 amide bonds. The fourth-order valence-corrected chi connectivity index (χ4v) is 5.85. The first-order valence-electron chi connectivity index (χ1n) is 18.0. The number of aromatic nitrogens is 3. The second-order valence-electron chi connectivity index (χ2n) is 10.7. The van der Waals surface area contributed by atoms with Gasteiger partial charge in [0.05, 0.1) is 9.60 Å². The fourth-order valence-electron chi connectivity index (χ4n) is 5.85. The van der Waals surface area contributed by atoms with Gasteiger partial charge < -0.3 is 4.42 Å². The molecule has 9 rings (SSSR count). The summed E-state index contributed by atoms with van der Waals surface area (Å²) in [7, 11) is 0. The summed E-state index contributed by atoms with van der Waals surface area (Å²) in [4.78, 5) is 14.6. The number of benzene rings is 7. The Balaban J connectivity index is 1.19. The van der Waals surface area contributed by atoms with E-state index in [-0.39, 0.29) is 28.4 Å². The molecule has 0 unspecified atom stereocenters. The summed E-state index contributed by atoms with van der Waals surface area (Å²) in [5.74, 6) is 1.31. The Labute approximate surface area is 269 Å². The van der Waals surface area contributed by atoms with Crippen LogP contribution in [0.3, 0.4) is 0 Å². The van der Waals surface area contributed by atoms with E-state index in [0.717, 1.165) is 38.3 Å². The molecule has 0 atom stereocenters. The Morgan fingerprint density at radius 3 is 1.96 bits per heavy atom. The average Bonchev–Trinajstić information content (AvgIpc) is 3.57. The summed E-state index contributed by atoms with van der Waals surface area (Å²) in [5, 5.41) is 4.24. The number of rotatable bonds is 4. The molecular formula is C41H25N3O. The fraction of sp³-hybridized carbons (Fsp3) is 0. The SMILES string of the molecule is [2H]c1c([2H])c([2H])c2c(-c3ccc(-c4nc(-c5ccccc5)nc(-c5ccc6c(c5)oc5ccc7ccccc7c56)n4)cc3)c([2H])c([2H])c([2H])c2c1[2H]. The molecule has 0 aliphatic rings. The lowest BCUT2D eigenvalue weighted by Crippen LogP contribution is -2.00. The molecule has 2 heterocycles. The van der Waals surface area contributed by atoms with Crippen LogP contribution in [0.5, 0.6) is 0 Å². The minimum atomic E-state index is -0.489.